The number of carbonyl (C=O) groups excluding carboxylic acids is 1. The van der Waals surface area contributed by atoms with E-state index in [1.54, 1.807) is 43.0 Å². The fraction of sp³-hybridized carbons (Fsp3) is 0.533. The van der Waals surface area contributed by atoms with Crippen molar-refractivity contribution in [2.75, 3.05) is 24.2 Å². The highest BCUT2D eigenvalue weighted by molar-refractivity contribution is 7.91. The first kappa shape index (κ1) is 17.5. The monoisotopic (exact) mass is 312 g/mol. The average Bonchev–Trinajstić information content (AvgIpc) is 2.48. The van der Waals surface area contributed by atoms with Gasteiger partial charge < -0.3 is 10.2 Å². The van der Waals surface area contributed by atoms with E-state index in [2.05, 4.69) is 5.32 Å². The smallest absolute Gasteiger partial charge is 0.244 e. The van der Waals surface area contributed by atoms with Gasteiger partial charge in [0.1, 0.15) is 6.04 Å². The van der Waals surface area contributed by atoms with E-state index in [4.69, 9.17) is 0 Å². The Kier molecular flexibility index (Phi) is 6.20. The molecule has 118 valence electrons. The number of amides is 1. The first-order chi connectivity index (χ1) is 9.85. The second-order valence-electron chi connectivity index (χ2n) is 4.80. The average molecular weight is 312 g/mol. The molecule has 0 radical (unpaired) electrons. The Morgan fingerprint density at radius 1 is 1.14 bits per heavy atom. The van der Waals surface area contributed by atoms with Gasteiger partial charge in [0.15, 0.2) is 9.84 Å². The van der Waals surface area contributed by atoms with E-state index in [-0.39, 0.29) is 17.7 Å². The molecule has 1 rings (SSSR count). The number of nitrogens with zero attached hydrogens (tertiary/aromatic N) is 1. The zero-order chi connectivity index (χ0) is 16.0. The van der Waals surface area contributed by atoms with Crippen LogP contribution in [0.3, 0.4) is 0 Å². The van der Waals surface area contributed by atoms with Crippen molar-refractivity contribution in [2.24, 2.45) is 0 Å². The maximum absolute atomic E-state index is 12.1. The van der Waals surface area contributed by atoms with Gasteiger partial charge in [-0.1, -0.05) is 6.92 Å². The van der Waals surface area contributed by atoms with Gasteiger partial charge in [0.05, 0.1) is 10.6 Å². The number of hydrogen-bond acceptors (Lipinski definition) is 4. The number of carbonyl (C=O) groups is 1. The van der Waals surface area contributed by atoms with Gasteiger partial charge in [-0.05, 0) is 45.0 Å². The Balaban J connectivity index is 2.78. The van der Waals surface area contributed by atoms with Gasteiger partial charge >= 0.3 is 0 Å². The van der Waals surface area contributed by atoms with Crippen molar-refractivity contribution in [3.8, 4) is 0 Å². The van der Waals surface area contributed by atoms with Gasteiger partial charge in [-0.15, -0.1) is 0 Å². The lowest BCUT2D eigenvalue weighted by Gasteiger charge is -2.24. The molecule has 1 amide bonds. The van der Waals surface area contributed by atoms with Crippen LogP contribution in [0.25, 0.3) is 0 Å². The molecule has 0 saturated heterocycles. The quantitative estimate of drug-likeness (QED) is 0.838. The van der Waals surface area contributed by atoms with E-state index in [1.807, 2.05) is 13.8 Å². The molecule has 0 aromatic heterocycles. The molecular formula is C15H24N2O3S. The topological polar surface area (TPSA) is 66.5 Å². The summed E-state index contributed by atoms with van der Waals surface area (Å²) in [7, 11) is -3.18. The zero-order valence-electron chi connectivity index (χ0n) is 13.1. The SMILES string of the molecule is CCN(CC)C(=O)C(C)Nc1ccc(S(=O)(=O)CC)cc1. The highest BCUT2D eigenvalue weighted by atomic mass is 32.2. The van der Waals surface area contributed by atoms with E-state index >= 15 is 0 Å². The van der Waals surface area contributed by atoms with Gasteiger partial charge in [0.25, 0.3) is 0 Å². The highest BCUT2D eigenvalue weighted by Crippen LogP contribution is 2.16. The third-order valence-corrected chi connectivity index (χ3v) is 5.17. The normalized spacial score (nSPS) is 12.8. The van der Waals surface area contributed by atoms with Crippen LogP contribution < -0.4 is 5.32 Å². The summed E-state index contributed by atoms with van der Waals surface area (Å²) in [6, 6.07) is 6.16. The molecule has 1 unspecified atom stereocenters. The highest BCUT2D eigenvalue weighted by Gasteiger charge is 2.18. The minimum absolute atomic E-state index is 0.0326. The number of anilines is 1. The molecule has 0 spiro atoms. The predicted octanol–water partition coefficient (Wildman–Crippen LogP) is 2.15. The molecule has 0 bridgehead atoms. The third kappa shape index (κ3) is 4.46. The lowest BCUT2D eigenvalue weighted by atomic mass is 10.2. The molecule has 5 nitrogen and oxygen atoms in total. The Bertz CT molecular complexity index is 563. The van der Waals surface area contributed by atoms with Crippen LogP contribution in [0, 0.1) is 0 Å². The van der Waals surface area contributed by atoms with Gasteiger partial charge in [-0.3, -0.25) is 4.79 Å². The second kappa shape index (κ2) is 7.45. The van der Waals surface area contributed by atoms with Crippen LogP contribution in [-0.4, -0.2) is 44.1 Å². The Labute approximate surface area is 127 Å². The predicted molar refractivity (Wildman–Crippen MR) is 85.2 cm³/mol. The number of benzene rings is 1. The van der Waals surface area contributed by atoms with Crippen LogP contribution in [0.4, 0.5) is 5.69 Å². The van der Waals surface area contributed by atoms with Gasteiger partial charge in [-0.2, -0.15) is 0 Å². The van der Waals surface area contributed by atoms with E-state index < -0.39 is 9.84 Å². The molecule has 0 fully saturated rings. The molecule has 1 aromatic carbocycles. The molecular weight excluding hydrogens is 288 g/mol. The van der Waals surface area contributed by atoms with Crippen molar-refractivity contribution in [1.82, 2.24) is 4.90 Å². The minimum atomic E-state index is -3.18. The molecule has 0 saturated carbocycles. The van der Waals surface area contributed by atoms with E-state index in [0.29, 0.717) is 18.0 Å². The number of rotatable bonds is 7. The molecule has 0 heterocycles. The van der Waals surface area contributed by atoms with Crippen molar-refractivity contribution in [3.05, 3.63) is 24.3 Å². The van der Waals surface area contributed by atoms with Crippen LogP contribution in [0.5, 0.6) is 0 Å². The minimum Gasteiger partial charge on any atom is -0.374 e. The van der Waals surface area contributed by atoms with Gasteiger partial charge in [0.2, 0.25) is 5.91 Å². The Morgan fingerprint density at radius 3 is 2.10 bits per heavy atom. The Morgan fingerprint density at radius 2 is 1.67 bits per heavy atom. The van der Waals surface area contributed by atoms with Crippen molar-refractivity contribution < 1.29 is 13.2 Å². The molecule has 0 aliphatic carbocycles. The molecule has 1 N–H and O–H groups in total. The molecule has 1 aromatic rings. The lowest BCUT2D eigenvalue weighted by Crippen LogP contribution is -2.41. The maximum Gasteiger partial charge on any atom is 0.244 e. The molecule has 0 aliphatic heterocycles. The van der Waals surface area contributed by atoms with Crippen molar-refractivity contribution in [1.29, 1.82) is 0 Å². The van der Waals surface area contributed by atoms with Crippen LogP contribution in [-0.2, 0) is 14.6 Å². The summed E-state index contributed by atoms with van der Waals surface area (Å²) in [5, 5.41) is 3.10. The molecule has 21 heavy (non-hydrogen) atoms. The summed E-state index contributed by atoms with van der Waals surface area (Å²) in [5.74, 6) is 0.113. The van der Waals surface area contributed by atoms with Crippen LogP contribution in [0.1, 0.15) is 27.7 Å². The van der Waals surface area contributed by atoms with Crippen LogP contribution >= 0.6 is 0 Å². The molecule has 6 heteroatoms. The lowest BCUT2D eigenvalue weighted by molar-refractivity contribution is -0.131. The maximum atomic E-state index is 12.1. The largest absolute Gasteiger partial charge is 0.374 e. The standard InChI is InChI=1S/C15H24N2O3S/c1-5-17(6-2)15(18)12(4)16-13-8-10-14(11-9-13)21(19,20)7-3/h8-12,16H,5-7H2,1-4H3. The second-order valence-corrected chi connectivity index (χ2v) is 7.08. The number of hydrogen-bond donors (Lipinski definition) is 1. The summed E-state index contributed by atoms with van der Waals surface area (Å²) in [6.07, 6.45) is 0. The van der Waals surface area contributed by atoms with Crippen molar-refractivity contribution >= 4 is 21.4 Å². The fourth-order valence-electron chi connectivity index (χ4n) is 2.05. The van der Waals surface area contributed by atoms with Crippen LogP contribution in [0.15, 0.2) is 29.2 Å². The summed E-state index contributed by atoms with van der Waals surface area (Å²) in [5.41, 5.74) is 0.734. The summed E-state index contributed by atoms with van der Waals surface area (Å²) in [4.78, 5) is 14.2. The molecule has 1 atom stereocenters. The number of nitrogens with one attached hydrogen (secondary N) is 1. The first-order valence-corrected chi connectivity index (χ1v) is 8.89. The number of sulfone groups is 1. The van der Waals surface area contributed by atoms with E-state index in [0.717, 1.165) is 5.69 Å². The summed E-state index contributed by atoms with van der Waals surface area (Å²) in [6.45, 7) is 8.66. The zero-order valence-corrected chi connectivity index (χ0v) is 13.9. The Hall–Kier alpha value is -1.56. The van der Waals surface area contributed by atoms with Crippen LogP contribution in [0.2, 0.25) is 0 Å². The summed E-state index contributed by atoms with van der Waals surface area (Å²) < 4.78 is 23.5. The van der Waals surface area contributed by atoms with Crippen molar-refractivity contribution in [2.45, 2.75) is 38.6 Å². The van der Waals surface area contributed by atoms with Crippen molar-refractivity contribution in [3.63, 3.8) is 0 Å². The third-order valence-electron chi connectivity index (χ3n) is 3.42. The molecule has 0 aliphatic rings. The first-order valence-electron chi connectivity index (χ1n) is 7.23. The van der Waals surface area contributed by atoms with Gasteiger partial charge in [0, 0.05) is 18.8 Å². The van der Waals surface area contributed by atoms with Gasteiger partial charge in [-0.25, -0.2) is 8.42 Å². The summed E-state index contributed by atoms with van der Waals surface area (Å²) >= 11 is 0. The fourth-order valence-corrected chi connectivity index (χ4v) is 2.93. The van der Waals surface area contributed by atoms with E-state index in [9.17, 15) is 13.2 Å². The van der Waals surface area contributed by atoms with E-state index in [1.165, 1.54) is 0 Å². The number of likely N-dealkylation sites (N-methyl/N-ethyl adjacent to an activating group) is 1.